The van der Waals surface area contributed by atoms with Crippen molar-refractivity contribution in [3.8, 4) is 11.3 Å². The molecule has 0 saturated carbocycles. The maximum Gasteiger partial charge on any atom is 0.418 e. The number of benzene rings is 1. The van der Waals surface area contributed by atoms with E-state index in [9.17, 15) is 13.2 Å². The van der Waals surface area contributed by atoms with Crippen molar-refractivity contribution in [1.82, 2.24) is 29.7 Å². The van der Waals surface area contributed by atoms with Crippen molar-refractivity contribution in [2.24, 2.45) is 0 Å². The van der Waals surface area contributed by atoms with Crippen molar-refractivity contribution in [2.75, 3.05) is 43.4 Å². The summed E-state index contributed by atoms with van der Waals surface area (Å²) in [5, 5.41) is 11.2. The minimum Gasteiger partial charge on any atom is -0.368 e. The van der Waals surface area contributed by atoms with Gasteiger partial charge in [0, 0.05) is 55.5 Å². The minimum absolute atomic E-state index is 0.190. The highest BCUT2D eigenvalue weighted by Crippen LogP contribution is 2.39. The predicted octanol–water partition coefficient (Wildman–Crippen LogP) is 3.70. The molecule has 33 heavy (non-hydrogen) atoms. The van der Waals surface area contributed by atoms with Crippen LogP contribution in [0.4, 0.5) is 30.5 Å². The molecule has 1 aliphatic rings. The van der Waals surface area contributed by atoms with E-state index in [0.717, 1.165) is 30.2 Å². The van der Waals surface area contributed by atoms with Crippen LogP contribution in [0.1, 0.15) is 5.56 Å². The standard InChI is InChI=1S/C22H21F3N8/c1-31-9-11-32(12-10-31)20-5-4-15(13-17(20)22(23,24)25)29-21-26-8-6-18(30-21)16-14-28-33-19(16)3-2-7-27-33/h2-8,13-14H,9-12H2,1H3,(H,26,29,30). The van der Waals surface area contributed by atoms with E-state index in [0.29, 0.717) is 18.8 Å². The summed E-state index contributed by atoms with van der Waals surface area (Å²) >= 11 is 0. The average Bonchev–Trinajstić information content (AvgIpc) is 3.24. The molecule has 0 unspecified atom stereocenters. The van der Waals surface area contributed by atoms with Gasteiger partial charge in [-0.3, -0.25) is 0 Å². The Hall–Kier alpha value is -3.73. The first-order chi connectivity index (χ1) is 15.9. The Balaban J connectivity index is 1.44. The summed E-state index contributed by atoms with van der Waals surface area (Å²) in [7, 11) is 1.96. The molecular formula is C22H21F3N8. The quantitative estimate of drug-likeness (QED) is 0.504. The first-order valence-electron chi connectivity index (χ1n) is 10.4. The smallest absolute Gasteiger partial charge is 0.368 e. The van der Waals surface area contributed by atoms with Gasteiger partial charge in [0.05, 0.1) is 23.0 Å². The van der Waals surface area contributed by atoms with Crippen molar-refractivity contribution >= 4 is 22.8 Å². The normalized spacial score (nSPS) is 15.2. The molecule has 0 radical (unpaired) electrons. The summed E-state index contributed by atoms with van der Waals surface area (Å²) in [4.78, 5) is 12.5. The highest BCUT2D eigenvalue weighted by molar-refractivity contribution is 5.77. The fraction of sp³-hybridized carbons (Fsp3) is 0.273. The second kappa shape index (κ2) is 8.32. The van der Waals surface area contributed by atoms with Crippen LogP contribution in [0.5, 0.6) is 0 Å². The molecule has 1 saturated heterocycles. The number of halogens is 3. The van der Waals surface area contributed by atoms with E-state index in [1.54, 1.807) is 41.7 Å². The number of fused-ring (bicyclic) bond motifs is 1. The van der Waals surface area contributed by atoms with Crippen LogP contribution in [0.2, 0.25) is 0 Å². The van der Waals surface area contributed by atoms with Crippen molar-refractivity contribution in [2.45, 2.75) is 6.18 Å². The molecule has 0 aliphatic carbocycles. The second-order valence-electron chi connectivity index (χ2n) is 7.87. The molecule has 1 aromatic carbocycles. The summed E-state index contributed by atoms with van der Waals surface area (Å²) in [6.07, 6.45) is 0.332. The Morgan fingerprint density at radius 2 is 1.79 bits per heavy atom. The zero-order valence-electron chi connectivity index (χ0n) is 17.8. The Bertz CT molecular complexity index is 1280. The number of anilines is 3. The van der Waals surface area contributed by atoms with Crippen LogP contribution in [0.25, 0.3) is 16.8 Å². The molecule has 0 amide bonds. The van der Waals surface area contributed by atoms with Crippen LogP contribution in [-0.4, -0.2) is 62.9 Å². The number of nitrogens with zero attached hydrogens (tertiary/aromatic N) is 7. The van der Waals surface area contributed by atoms with Crippen molar-refractivity contribution < 1.29 is 13.2 Å². The Kier molecular flexibility index (Phi) is 5.33. The molecule has 3 aromatic heterocycles. The Morgan fingerprint density at radius 3 is 2.58 bits per heavy atom. The lowest BCUT2D eigenvalue weighted by Crippen LogP contribution is -2.45. The van der Waals surface area contributed by atoms with Gasteiger partial charge in [-0.25, -0.2) is 9.97 Å². The Morgan fingerprint density at radius 1 is 0.970 bits per heavy atom. The van der Waals surface area contributed by atoms with Gasteiger partial charge in [-0.15, -0.1) is 0 Å². The van der Waals surface area contributed by atoms with E-state index in [-0.39, 0.29) is 17.3 Å². The largest absolute Gasteiger partial charge is 0.418 e. The SMILES string of the molecule is CN1CCN(c2ccc(Nc3nccc(-c4cnn5ncccc45)n3)cc2C(F)(F)F)CC1. The number of piperazine rings is 1. The van der Waals surface area contributed by atoms with E-state index in [2.05, 4.69) is 30.4 Å². The fourth-order valence-corrected chi connectivity index (χ4v) is 3.89. The van der Waals surface area contributed by atoms with Gasteiger partial charge in [0.25, 0.3) is 0 Å². The number of nitrogens with one attached hydrogen (secondary N) is 1. The topological polar surface area (TPSA) is 74.5 Å². The molecule has 11 heteroatoms. The predicted molar refractivity (Wildman–Crippen MR) is 118 cm³/mol. The second-order valence-corrected chi connectivity index (χ2v) is 7.87. The van der Waals surface area contributed by atoms with E-state index in [1.807, 2.05) is 13.1 Å². The lowest BCUT2D eigenvalue weighted by molar-refractivity contribution is -0.137. The zero-order valence-corrected chi connectivity index (χ0v) is 17.8. The number of rotatable bonds is 4. The summed E-state index contributed by atoms with van der Waals surface area (Å²) in [6.45, 7) is 2.53. The molecule has 1 N–H and O–H groups in total. The molecule has 8 nitrogen and oxygen atoms in total. The number of alkyl halides is 3. The molecule has 1 fully saturated rings. The first kappa shape index (κ1) is 21.1. The van der Waals surface area contributed by atoms with Crippen LogP contribution in [0, 0.1) is 0 Å². The van der Waals surface area contributed by atoms with Gasteiger partial charge in [-0.1, -0.05) is 0 Å². The summed E-state index contributed by atoms with van der Waals surface area (Å²) in [5.41, 5.74) is 1.86. The lowest BCUT2D eigenvalue weighted by Gasteiger charge is -2.35. The molecule has 170 valence electrons. The summed E-state index contributed by atoms with van der Waals surface area (Å²) < 4.78 is 43.1. The zero-order chi connectivity index (χ0) is 23.0. The average molecular weight is 454 g/mol. The molecule has 4 heterocycles. The van der Waals surface area contributed by atoms with Crippen LogP contribution in [-0.2, 0) is 6.18 Å². The Labute approximate surface area is 187 Å². The molecule has 1 aliphatic heterocycles. The number of hydrogen-bond acceptors (Lipinski definition) is 7. The van der Waals surface area contributed by atoms with E-state index in [4.69, 9.17) is 0 Å². The minimum atomic E-state index is -4.48. The van der Waals surface area contributed by atoms with Gasteiger partial charge in [0.2, 0.25) is 5.95 Å². The molecule has 5 rings (SSSR count). The van der Waals surface area contributed by atoms with Gasteiger partial charge in [0.15, 0.2) is 0 Å². The molecule has 0 bridgehead atoms. The molecule has 4 aromatic rings. The third-order valence-corrected chi connectivity index (χ3v) is 5.64. The van der Waals surface area contributed by atoms with Crippen molar-refractivity contribution in [1.29, 1.82) is 0 Å². The van der Waals surface area contributed by atoms with Gasteiger partial charge in [-0.05, 0) is 43.4 Å². The fourth-order valence-electron chi connectivity index (χ4n) is 3.89. The third kappa shape index (κ3) is 4.31. The first-order valence-corrected chi connectivity index (χ1v) is 10.4. The molecular weight excluding hydrogens is 433 g/mol. The lowest BCUT2D eigenvalue weighted by atomic mass is 10.1. The van der Waals surface area contributed by atoms with Gasteiger partial charge in [-0.2, -0.15) is 28.0 Å². The maximum absolute atomic E-state index is 13.9. The van der Waals surface area contributed by atoms with Crippen LogP contribution >= 0.6 is 0 Å². The van der Waals surface area contributed by atoms with Gasteiger partial charge >= 0.3 is 6.18 Å². The van der Waals surface area contributed by atoms with E-state index < -0.39 is 11.7 Å². The van der Waals surface area contributed by atoms with Crippen LogP contribution < -0.4 is 10.2 Å². The number of likely N-dealkylation sites (N-methyl/N-ethyl adjacent to an activating group) is 1. The van der Waals surface area contributed by atoms with Crippen molar-refractivity contribution in [3.05, 3.63) is 60.6 Å². The highest BCUT2D eigenvalue weighted by Gasteiger charge is 2.35. The highest BCUT2D eigenvalue weighted by atomic mass is 19.4. The van der Waals surface area contributed by atoms with Crippen LogP contribution in [0.15, 0.2) is 55.0 Å². The summed E-state index contributed by atoms with van der Waals surface area (Å²) in [5.74, 6) is 0.191. The van der Waals surface area contributed by atoms with E-state index >= 15 is 0 Å². The summed E-state index contributed by atoms with van der Waals surface area (Å²) in [6, 6.07) is 9.61. The van der Waals surface area contributed by atoms with Gasteiger partial charge in [0.1, 0.15) is 0 Å². The van der Waals surface area contributed by atoms with Crippen molar-refractivity contribution in [3.63, 3.8) is 0 Å². The van der Waals surface area contributed by atoms with E-state index in [1.165, 1.54) is 10.7 Å². The molecule has 0 atom stereocenters. The molecule has 0 spiro atoms. The van der Waals surface area contributed by atoms with Gasteiger partial charge < -0.3 is 15.1 Å². The van der Waals surface area contributed by atoms with Crippen LogP contribution in [0.3, 0.4) is 0 Å². The number of aromatic nitrogens is 5. The third-order valence-electron chi connectivity index (χ3n) is 5.64. The number of hydrogen-bond donors (Lipinski definition) is 1. The maximum atomic E-state index is 13.9. The monoisotopic (exact) mass is 454 g/mol.